The van der Waals surface area contributed by atoms with Gasteiger partial charge in [0.2, 0.25) is 0 Å². The van der Waals surface area contributed by atoms with Gasteiger partial charge in [-0.05, 0) is 31.1 Å². The first-order valence-corrected chi connectivity index (χ1v) is 14.3. The number of rotatable bonds is 15. The number of hydrogen-bond donors (Lipinski definition) is 0. The minimum Gasteiger partial charge on any atom is -0.469 e. The van der Waals surface area contributed by atoms with Crippen molar-refractivity contribution in [1.29, 1.82) is 0 Å². The highest BCUT2D eigenvalue weighted by Gasteiger charge is 2.81. The van der Waals surface area contributed by atoms with E-state index in [0.29, 0.717) is 16.5 Å². The SMILES string of the molecule is CCCCCCCC[C@H]1[C@H](CCCCCCCC(=O)OC)[C@]2(Cl)C(Cl)=C(Cl)[C@]1(Cl)C2(Cl)Cl. The van der Waals surface area contributed by atoms with Gasteiger partial charge in [-0.25, -0.2) is 0 Å². The van der Waals surface area contributed by atoms with E-state index in [1.165, 1.54) is 32.8 Å². The summed E-state index contributed by atoms with van der Waals surface area (Å²) in [6.45, 7) is 2.22. The van der Waals surface area contributed by atoms with Gasteiger partial charge in [-0.15, -0.1) is 23.2 Å². The number of methoxy groups -OCH3 is 1. The number of halogens is 6. The molecule has 32 heavy (non-hydrogen) atoms. The van der Waals surface area contributed by atoms with Crippen LogP contribution in [0.2, 0.25) is 0 Å². The van der Waals surface area contributed by atoms with Crippen molar-refractivity contribution in [2.75, 3.05) is 7.11 Å². The van der Waals surface area contributed by atoms with Crippen molar-refractivity contribution in [3.63, 3.8) is 0 Å². The Morgan fingerprint density at radius 1 is 0.750 bits per heavy atom. The van der Waals surface area contributed by atoms with E-state index in [9.17, 15) is 4.79 Å². The molecule has 2 rings (SSSR count). The molecule has 0 aromatic rings. The average Bonchev–Trinajstić information content (AvgIpc) is 2.96. The Balaban J connectivity index is 1.98. The van der Waals surface area contributed by atoms with Gasteiger partial charge >= 0.3 is 5.97 Å². The van der Waals surface area contributed by atoms with Gasteiger partial charge in [0, 0.05) is 6.42 Å². The molecule has 2 nitrogen and oxygen atoms in total. The van der Waals surface area contributed by atoms with E-state index in [-0.39, 0.29) is 17.8 Å². The number of carbonyl (C=O) groups excluding carboxylic acids is 1. The lowest BCUT2D eigenvalue weighted by Crippen LogP contribution is -2.44. The normalized spacial score (nSPS) is 30.9. The summed E-state index contributed by atoms with van der Waals surface area (Å²) in [4.78, 5) is 8.92. The Morgan fingerprint density at radius 2 is 1.16 bits per heavy atom. The molecule has 0 aromatic carbocycles. The van der Waals surface area contributed by atoms with Gasteiger partial charge in [0.1, 0.15) is 9.75 Å². The van der Waals surface area contributed by atoms with E-state index in [4.69, 9.17) is 69.6 Å². The predicted molar refractivity (Wildman–Crippen MR) is 140 cm³/mol. The van der Waals surface area contributed by atoms with E-state index in [1.54, 1.807) is 0 Å². The monoisotopic (exact) mass is 566 g/mol. The van der Waals surface area contributed by atoms with Crippen molar-refractivity contribution in [3.8, 4) is 0 Å². The second kappa shape index (κ2) is 12.8. The predicted octanol–water partition coefficient (Wildman–Crippen LogP) is 9.72. The molecule has 0 amide bonds. The standard InChI is InChI=1S/C24H36Cl6O2/c1-3-4-5-6-8-11-14-17-18(15-12-9-7-10-13-16-19(31)32-2)23(28)21(26)20(25)22(17,27)24(23,29)30/h17-18H,3-16H2,1-2H3/t17-,18-,22-,23-/m0/s1. The molecule has 2 aliphatic carbocycles. The first kappa shape index (κ1) is 29.2. The molecule has 2 bridgehead atoms. The fourth-order valence-electron chi connectivity index (χ4n) is 5.42. The molecular weight excluding hydrogens is 533 g/mol. The largest absolute Gasteiger partial charge is 0.469 e. The lowest BCUT2D eigenvalue weighted by molar-refractivity contribution is -0.140. The average molecular weight is 569 g/mol. The lowest BCUT2D eigenvalue weighted by atomic mass is 9.76. The lowest BCUT2D eigenvalue weighted by Gasteiger charge is -2.37. The topological polar surface area (TPSA) is 26.3 Å². The van der Waals surface area contributed by atoms with Crippen LogP contribution in [0.3, 0.4) is 0 Å². The van der Waals surface area contributed by atoms with Crippen LogP contribution < -0.4 is 0 Å². The van der Waals surface area contributed by atoms with Crippen molar-refractivity contribution < 1.29 is 9.53 Å². The zero-order valence-electron chi connectivity index (χ0n) is 19.1. The Hall–Kier alpha value is 0.950. The maximum atomic E-state index is 11.2. The molecule has 0 radical (unpaired) electrons. The maximum Gasteiger partial charge on any atom is 0.305 e. The molecule has 2 aliphatic rings. The molecule has 0 unspecified atom stereocenters. The smallest absolute Gasteiger partial charge is 0.305 e. The molecule has 0 aliphatic heterocycles. The number of fused-ring (bicyclic) bond motifs is 2. The zero-order chi connectivity index (χ0) is 24.0. The van der Waals surface area contributed by atoms with E-state index in [2.05, 4.69) is 11.7 Å². The zero-order valence-corrected chi connectivity index (χ0v) is 23.7. The summed E-state index contributed by atoms with van der Waals surface area (Å²) >= 11 is 41.1. The summed E-state index contributed by atoms with van der Waals surface area (Å²) in [5.74, 6) is -0.200. The fourth-order valence-corrected chi connectivity index (χ4v) is 8.56. The third-order valence-corrected chi connectivity index (χ3v) is 11.6. The van der Waals surface area contributed by atoms with Crippen LogP contribution in [0.25, 0.3) is 0 Å². The van der Waals surface area contributed by atoms with Gasteiger partial charge in [0.15, 0.2) is 4.33 Å². The molecule has 0 aromatic heterocycles. The minimum absolute atomic E-state index is 0.0165. The number of allylic oxidation sites excluding steroid dienone is 2. The van der Waals surface area contributed by atoms with E-state index in [1.807, 2.05) is 0 Å². The van der Waals surface area contributed by atoms with Crippen molar-refractivity contribution in [2.45, 2.75) is 111 Å². The molecule has 4 atom stereocenters. The summed E-state index contributed by atoms with van der Waals surface area (Å²) in [6, 6.07) is 0. The molecule has 1 fully saturated rings. The summed E-state index contributed by atoms with van der Waals surface area (Å²) in [7, 11) is 1.42. The van der Waals surface area contributed by atoms with Crippen LogP contribution in [0, 0.1) is 11.8 Å². The molecule has 0 saturated heterocycles. The summed E-state index contributed by atoms with van der Waals surface area (Å²) in [5.41, 5.74) is 0. The van der Waals surface area contributed by atoms with Gasteiger partial charge in [0.05, 0.1) is 17.2 Å². The van der Waals surface area contributed by atoms with Crippen LogP contribution in [-0.4, -0.2) is 27.2 Å². The highest BCUT2D eigenvalue weighted by atomic mass is 35.5. The Kier molecular flexibility index (Phi) is 11.6. The van der Waals surface area contributed by atoms with E-state index in [0.717, 1.165) is 57.8 Å². The van der Waals surface area contributed by atoms with Gasteiger partial charge in [-0.2, -0.15) is 0 Å². The second-order valence-electron chi connectivity index (χ2n) is 9.28. The number of esters is 1. The summed E-state index contributed by atoms with van der Waals surface area (Å²) in [6.07, 6.45) is 14.3. The second-order valence-corrected chi connectivity index (χ2v) is 12.6. The Morgan fingerprint density at radius 3 is 1.59 bits per heavy atom. The number of carbonyl (C=O) groups is 1. The number of hydrogen-bond acceptors (Lipinski definition) is 2. The first-order valence-electron chi connectivity index (χ1n) is 12.0. The van der Waals surface area contributed by atoms with Crippen LogP contribution in [-0.2, 0) is 9.53 Å². The highest BCUT2D eigenvalue weighted by molar-refractivity contribution is 6.65. The summed E-state index contributed by atoms with van der Waals surface area (Å²) < 4.78 is 3.24. The van der Waals surface area contributed by atoms with Crippen molar-refractivity contribution in [3.05, 3.63) is 10.1 Å². The number of alkyl halides is 4. The Labute approximate surface area is 224 Å². The van der Waals surface area contributed by atoms with Crippen LogP contribution in [0.15, 0.2) is 10.1 Å². The van der Waals surface area contributed by atoms with Crippen LogP contribution >= 0.6 is 69.6 Å². The van der Waals surface area contributed by atoms with Crippen LogP contribution in [0.4, 0.5) is 0 Å². The van der Waals surface area contributed by atoms with E-state index < -0.39 is 14.1 Å². The molecule has 0 heterocycles. The number of ether oxygens (including phenoxy) is 1. The van der Waals surface area contributed by atoms with Crippen LogP contribution in [0.1, 0.15) is 96.8 Å². The molecule has 1 saturated carbocycles. The fraction of sp³-hybridized carbons (Fsp3) is 0.875. The van der Waals surface area contributed by atoms with Gasteiger partial charge in [-0.1, -0.05) is 118 Å². The molecule has 0 spiro atoms. The highest BCUT2D eigenvalue weighted by Crippen LogP contribution is 2.77. The molecule has 8 heteroatoms. The first-order chi connectivity index (χ1) is 15.1. The van der Waals surface area contributed by atoms with Crippen molar-refractivity contribution >= 4 is 75.6 Å². The maximum absolute atomic E-state index is 11.2. The molecular formula is C24H36Cl6O2. The quantitative estimate of drug-likeness (QED) is 0.112. The van der Waals surface area contributed by atoms with Crippen molar-refractivity contribution in [1.82, 2.24) is 0 Å². The van der Waals surface area contributed by atoms with Crippen molar-refractivity contribution in [2.24, 2.45) is 11.8 Å². The van der Waals surface area contributed by atoms with Gasteiger partial charge < -0.3 is 4.74 Å². The van der Waals surface area contributed by atoms with Crippen LogP contribution in [0.5, 0.6) is 0 Å². The third-order valence-electron chi connectivity index (χ3n) is 7.25. The molecule has 186 valence electrons. The minimum atomic E-state index is -1.45. The number of unbranched alkanes of at least 4 members (excludes halogenated alkanes) is 9. The molecule has 0 N–H and O–H groups in total. The third kappa shape index (κ3) is 5.52. The van der Waals surface area contributed by atoms with Gasteiger partial charge in [0.25, 0.3) is 0 Å². The Bertz CT molecular complexity index is 667. The van der Waals surface area contributed by atoms with E-state index >= 15 is 0 Å². The summed E-state index contributed by atoms with van der Waals surface area (Å²) in [5, 5.41) is 0.624. The van der Waals surface area contributed by atoms with Gasteiger partial charge in [-0.3, -0.25) is 4.79 Å².